The van der Waals surface area contributed by atoms with E-state index in [-0.39, 0.29) is 16.3 Å². The minimum atomic E-state index is -3.53. The Kier molecular flexibility index (Phi) is 2.24. The Morgan fingerprint density at radius 1 is 1.36 bits per heavy atom. The fourth-order valence-electron chi connectivity index (χ4n) is 3.06. The first kappa shape index (κ1) is 8.86. The van der Waals surface area contributed by atoms with Crippen molar-refractivity contribution in [2.45, 2.75) is 39.1 Å². The van der Waals surface area contributed by atoms with E-state index in [1.54, 1.807) is 30.3 Å². The van der Waals surface area contributed by atoms with Crippen LogP contribution in [0.2, 0.25) is 0 Å². The molecule has 3 aromatic rings. The van der Waals surface area contributed by atoms with E-state index < -0.39 is 56.5 Å². The summed E-state index contributed by atoms with van der Waals surface area (Å²) in [5.74, 6) is -2.33. The number of aromatic amines is 1. The molecule has 1 N–H and O–H groups in total. The molecule has 0 saturated heterocycles. The molecule has 0 aliphatic carbocycles. The van der Waals surface area contributed by atoms with E-state index in [0.717, 1.165) is 13.1 Å². The van der Waals surface area contributed by atoms with Crippen LogP contribution in [0.5, 0.6) is 0 Å². The number of likely N-dealkylation sites (N-methyl/N-ethyl adjacent to an activating group) is 1. The van der Waals surface area contributed by atoms with Crippen molar-refractivity contribution in [1.82, 2.24) is 20.2 Å². The van der Waals surface area contributed by atoms with Crippen molar-refractivity contribution in [2.24, 2.45) is 0 Å². The van der Waals surface area contributed by atoms with E-state index >= 15 is 0 Å². The van der Waals surface area contributed by atoms with Crippen LogP contribution in [0, 0.1) is 0 Å². The Morgan fingerprint density at radius 2 is 2.21 bits per heavy atom. The topological polar surface area (TPSA) is 78.0 Å². The first-order valence-corrected chi connectivity index (χ1v) is 8.31. The summed E-state index contributed by atoms with van der Waals surface area (Å²) in [6, 6.07) is 3.39. The van der Waals surface area contributed by atoms with Gasteiger partial charge < -0.3 is 9.80 Å². The summed E-state index contributed by atoms with van der Waals surface area (Å²) in [4.78, 5) is 22.8. The van der Waals surface area contributed by atoms with Gasteiger partial charge in [-0.2, -0.15) is 5.10 Å². The average Bonchev–Trinajstić information content (AvgIpc) is 3.31. The van der Waals surface area contributed by atoms with E-state index in [4.69, 9.17) is 16.4 Å². The number of aromatic nitrogens is 4. The Bertz CT molecular complexity index is 1410. The van der Waals surface area contributed by atoms with Gasteiger partial charge in [-0.15, -0.1) is 0 Å². The number of carbonyl (C=O) groups is 1. The predicted molar refractivity (Wildman–Crippen MR) is 110 cm³/mol. The second-order valence-corrected chi connectivity index (χ2v) is 6.10. The highest BCUT2D eigenvalue weighted by atomic mass is 16.2. The molecule has 28 heavy (non-hydrogen) atoms. The van der Waals surface area contributed by atoms with E-state index in [1.807, 2.05) is 0 Å². The zero-order valence-electron chi connectivity index (χ0n) is 26.8. The molecule has 3 heterocycles. The molecule has 4 rings (SSSR count). The van der Waals surface area contributed by atoms with Crippen LogP contribution < -0.4 is 9.80 Å². The van der Waals surface area contributed by atoms with Crippen LogP contribution in [0.3, 0.4) is 0 Å². The largest absolute Gasteiger partial charge is 0.340 e. The van der Waals surface area contributed by atoms with Crippen LogP contribution in [0.4, 0.5) is 11.5 Å². The number of nitrogens with zero attached hydrogens (tertiary/aromatic N) is 5. The Morgan fingerprint density at radius 3 is 2.96 bits per heavy atom. The standard InChI is InChI=1S/C21H24N6O/c1-5-16-21(28)26(4)17-12-22-19(24-20(17)27(16)13(2)3)15-11-23-25-18(15)14-9-7-6-8-10-14/h6-13,16H,5H2,1-4H3,(H,23,25)/i1D3,2D3,4D3,5D2,13D. The highest BCUT2D eigenvalue weighted by Crippen LogP contribution is 2.37. The van der Waals surface area contributed by atoms with Gasteiger partial charge in [0.25, 0.3) is 0 Å². The normalized spacial score (nSPS) is 26.9. The second-order valence-electron chi connectivity index (χ2n) is 6.10. The summed E-state index contributed by atoms with van der Waals surface area (Å²) in [5.41, 5.74) is 0.837. The summed E-state index contributed by atoms with van der Waals surface area (Å²) in [5, 5.41) is 6.81. The molecule has 0 spiro atoms. The fourth-order valence-corrected chi connectivity index (χ4v) is 3.06. The number of hydrogen-bond acceptors (Lipinski definition) is 5. The first-order chi connectivity index (χ1) is 18.2. The molecule has 144 valence electrons. The van der Waals surface area contributed by atoms with Crippen molar-refractivity contribution < 1.29 is 21.2 Å². The summed E-state index contributed by atoms with van der Waals surface area (Å²) in [6.07, 6.45) is -1.23. The van der Waals surface area contributed by atoms with Crippen molar-refractivity contribution in [3.8, 4) is 22.6 Å². The van der Waals surface area contributed by atoms with E-state index in [9.17, 15) is 4.79 Å². The van der Waals surface area contributed by atoms with Gasteiger partial charge in [0.05, 0.1) is 25.0 Å². The molecule has 1 aliphatic heterocycles. The maximum atomic E-state index is 13.7. The lowest BCUT2D eigenvalue weighted by Crippen LogP contribution is -2.54. The second kappa shape index (κ2) is 7.07. The number of nitrogens with one attached hydrogen (secondary N) is 1. The zero-order valence-corrected chi connectivity index (χ0v) is 14.8. The lowest BCUT2D eigenvalue weighted by molar-refractivity contribution is -0.120. The molecule has 1 aliphatic rings. The quantitative estimate of drug-likeness (QED) is 0.740. The van der Waals surface area contributed by atoms with Crippen molar-refractivity contribution in [3.05, 3.63) is 42.7 Å². The highest BCUT2D eigenvalue weighted by molar-refractivity contribution is 6.04. The van der Waals surface area contributed by atoms with Crippen LogP contribution in [-0.4, -0.2) is 45.1 Å². The molecular formula is C21H24N6O. The minimum Gasteiger partial charge on any atom is -0.340 e. The fraction of sp³-hybridized carbons (Fsp3) is 0.333. The number of anilines is 2. The molecule has 7 nitrogen and oxygen atoms in total. The number of amides is 1. The Hall–Kier alpha value is -3.22. The van der Waals surface area contributed by atoms with Crippen LogP contribution in [0.25, 0.3) is 22.6 Å². The van der Waals surface area contributed by atoms with Crippen molar-refractivity contribution >= 4 is 17.4 Å². The van der Waals surface area contributed by atoms with Crippen LogP contribution in [0.1, 0.15) is 43.4 Å². The number of benzene rings is 1. The van der Waals surface area contributed by atoms with Gasteiger partial charge in [0.2, 0.25) is 5.91 Å². The monoisotopic (exact) mass is 388 g/mol. The molecule has 1 aromatic carbocycles. The minimum absolute atomic E-state index is 0.134. The molecule has 0 bridgehead atoms. The van der Waals surface area contributed by atoms with Gasteiger partial charge in [-0.25, -0.2) is 9.97 Å². The summed E-state index contributed by atoms with van der Waals surface area (Å²) in [6.45, 7) is -9.20. The van der Waals surface area contributed by atoms with Crippen molar-refractivity contribution in [3.63, 3.8) is 0 Å². The number of H-pyrrole nitrogens is 1. The Balaban J connectivity index is 2.07. The van der Waals surface area contributed by atoms with E-state index in [2.05, 4.69) is 20.2 Å². The summed E-state index contributed by atoms with van der Waals surface area (Å²) >= 11 is 0. The number of hydrogen-bond donors (Lipinski definition) is 1. The third kappa shape index (κ3) is 2.83. The van der Waals surface area contributed by atoms with Gasteiger partial charge in [0.1, 0.15) is 11.7 Å². The van der Waals surface area contributed by atoms with E-state index in [1.165, 1.54) is 6.20 Å². The van der Waals surface area contributed by atoms with Gasteiger partial charge in [0.15, 0.2) is 11.6 Å². The van der Waals surface area contributed by atoms with Gasteiger partial charge >= 0.3 is 0 Å². The molecule has 0 fully saturated rings. The smallest absolute Gasteiger partial charge is 0.249 e. The van der Waals surface area contributed by atoms with Crippen LogP contribution in [0.15, 0.2) is 42.7 Å². The van der Waals surface area contributed by atoms with Gasteiger partial charge in [-0.05, 0) is 20.1 Å². The SMILES string of the molecule is [2H]C([2H])([2H])N1C(=O)C(C([2H])([2H])C([2H])([2H])[2H])N(C([2H])(C)C([2H])([2H])[2H])c2nc(-c3cn[nH]c3-c3ccccc3)ncc21. The molecule has 2 unspecified atom stereocenters. The third-order valence-corrected chi connectivity index (χ3v) is 4.37. The summed E-state index contributed by atoms with van der Waals surface area (Å²) in [7, 11) is 0. The Labute approximate surface area is 181 Å². The maximum Gasteiger partial charge on any atom is 0.249 e. The number of rotatable bonds is 4. The third-order valence-electron chi connectivity index (χ3n) is 4.37. The zero-order chi connectivity index (χ0) is 30.1. The maximum absolute atomic E-state index is 13.7. The molecule has 0 saturated carbocycles. The van der Waals surface area contributed by atoms with Crippen molar-refractivity contribution in [1.29, 1.82) is 0 Å². The number of carbonyl (C=O) groups excluding carboxylic acids is 1. The molecular weight excluding hydrogens is 352 g/mol. The van der Waals surface area contributed by atoms with Gasteiger partial charge in [0, 0.05) is 33.6 Å². The average molecular weight is 389 g/mol. The lowest BCUT2D eigenvalue weighted by atomic mass is 10.0. The lowest BCUT2D eigenvalue weighted by Gasteiger charge is -2.42. The van der Waals surface area contributed by atoms with Crippen molar-refractivity contribution in [2.75, 3.05) is 16.8 Å². The van der Waals surface area contributed by atoms with Gasteiger partial charge in [-0.3, -0.25) is 9.89 Å². The first-order valence-electron chi connectivity index (χ1n) is 14.3. The van der Waals surface area contributed by atoms with E-state index in [0.29, 0.717) is 16.2 Å². The number of fused-ring (bicyclic) bond motifs is 1. The van der Waals surface area contributed by atoms with Gasteiger partial charge in [-0.1, -0.05) is 37.2 Å². The molecule has 0 radical (unpaired) electrons. The molecule has 7 heteroatoms. The summed E-state index contributed by atoms with van der Waals surface area (Å²) < 4.78 is 96.7. The predicted octanol–water partition coefficient (Wildman–Crippen LogP) is 3.50. The molecule has 2 aromatic heterocycles. The molecule has 2 atom stereocenters. The molecule has 1 amide bonds. The highest BCUT2D eigenvalue weighted by Gasteiger charge is 2.38. The van der Waals surface area contributed by atoms with Crippen LogP contribution in [-0.2, 0) is 4.79 Å². The van der Waals surface area contributed by atoms with Crippen LogP contribution >= 0.6 is 0 Å².